The summed E-state index contributed by atoms with van der Waals surface area (Å²) in [7, 11) is 0. The van der Waals surface area contributed by atoms with Crippen molar-refractivity contribution in [1.29, 1.82) is 0 Å². The highest BCUT2D eigenvalue weighted by Crippen LogP contribution is 2.34. The summed E-state index contributed by atoms with van der Waals surface area (Å²) in [4.78, 5) is 2.59. The van der Waals surface area contributed by atoms with E-state index in [0.717, 1.165) is 17.7 Å². The molecule has 0 spiro atoms. The van der Waals surface area contributed by atoms with Crippen molar-refractivity contribution in [2.45, 2.75) is 19.3 Å². The van der Waals surface area contributed by atoms with Gasteiger partial charge in [0.1, 0.15) is 0 Å². The summed E-state index contributed by atoms with van der Waals surface area (Å²) in [6.07, 6.45) is 4.10. The lowest BCUT2D eigenvalue weighted by atomic mass is 9.78. The highest BCUT2D eigenvalue weighted by Gasteiger charge is 2.33. The smallest absolute Gasteiger partial charge is 0.0226 e. The molecule has 0 saturated carbocycles. The summed E-state index contributed by atoms with van der Waals surface area (Å²) >= 11 is 5.75. The summed E-state index contributed by atoms with van der Waals surface area (Å²) in [5.74, 6) is 2.79. The average molecular weight is 174 g/mol. The van der Waals surface area contributed by atoms with Gasteiger partial charge in [-0.15, -0.1) is 11.6 Å². The second-order valence-electron chi connectivity index (χ2n) is 3.88. The normalized spacial score (nSPS) is 42.8. The van der Waals surface area contributed by atoms with E-state index in [-0.39, 0.29) is 0 Å². The van der Waals surface area contributed by atoms with Crippen LogP contribution in [0.2, 0.25) is 0 Å². The lowest BCUT2D eigenvalue weighted by molar-refractivity contribution is 0.0497. The molecule has 3 heterocycles. The van der Waals surface area contributed by atoms with Crippen LogP contribution in [0.4, 0.5) is 0 Å². The molecule has 1 unspecified atom stereocenters. The Morgan fingerprint density at radius 1 is 1.27 bits per heavy atom. The Bertz CT molecular complexity index is 130. The molecule has 3 fully saturated rings. The Hall–Kier alpha value is 0.250. The van der Waals surface area contributed by atoms with Gasteiger partial charge in [0.25, 0.3) is 0 Å². The third-order valence-corrected chi connectivity index (χ3v) is 3.49. The molecule has 3 aliphatic heterocycles. The first-order valence-corrected chi connectivity index (χ1v) is 5.22. The molecule has 64 valence electrons. The molecule has 0 radical (unpaired) electrons. The molecule has 0 aromatic heterocycles. The van der Waals surface area contributed by atoms with Gasteiger partial charge in [0.15, 0.2) is 0 Å². The van der Waals surface area contributed by atoms with Crippen LogP contribution in [0.15, 0.2) is 0 Å². The predicted octanol–water partition coefficient (Wildman–Crippen LogP) is 1.96. The van der Waals surface area contributed by atoms with E-state index in [1.807, 2.05) is 0 Å². The van der Waals surface area contributed by atoms with Gasteiger partial charge in [-0.25, -0.2) is 0 Å². The predicted molar refractivity (Wildman–Crippen MR) is 48.0 cm³/mol. The molecule has 0 N–H and O–H groups in total. The first-order valence-electron chi connectivity index (χ1n) is 4.68. The standard InChI is InChI=1S/C9H16ClN/c10-4-1-9-7-11-5-2-8(9)3-6-11/h8-9H,1-7H2. The van der Waals surface area contributed by atoms with Crippen LogP contribution in [0.1, 0.15) is 19.3 Å². The summed E-state index contributed by atoms with van der Waals surface area (Å²) in [5, 5.41) is 0. The number of hydrogen-bond acceptors (Lipinski definition) is 1. The molecular weight excluding hydrogens is 158 g/mol. The van der Waals surface area contributed by atoms with Gasteiger partial charge < -0.3 is 4.90 Å². The van der Waals surface area contributed by atoms with Gasteiger partial charge >= 0.3 is 0 Å². The van der Waals surface area contributed by atoms with E-state index in [2.05, 4.69) is 4.90 Å². The van der Waals surface area contributed by atoms with Crippen LogP contribution < -0.4 is 0 Å². The topological polar surface area (TPSA) is 3.24 Å². The average Bonchev–Trinajstić information content (AvgIpc) is 2.07. The summed E-state index contributed by atoms with van der Waals surface area (Å²) in [6, 6.07) is 0. The number of hydrogen-bond donors (Lipinski definition) is 0. The minimum Gasteiger partial charge on any atom is -0.303 e. The zero-order valence-corrected chi connectivity index (χ0v) is 7.69. The lowest BCUT2D eigenvalue weighted by Crippen LogP contribution is -2.47. The molecule has 1 atom stereocenters. The Balaban J connectivity index is 1.92. The fraction of sp³-hybridized carbons (Fsp3) is 1.00. The molecule has 0 aromatic carbocycles. The Morgan fingerprint density at radius 2 is 2.00 bits per heavy atom. The number of piperidine rings is 3. The zero-order chi connectivity index (χ0) is 7.68. The molecule has 0 amide bonds. The van der Waals surface area contributed by atoms with Gasteiger partial charge in [0, 0.05) is 12.4 Å². The summed E-state index contributed by atoms with van der Waals surface area (Å²) in [6.45, 7) is 4.03. The summed E-state index contributed by atoms with van der Waals surface area (Å²) < 4.78 is 0. The van der Waals surface area contributed by atoms with Gasteiger partial charge in [-0.2, -0.15) is 0 Å². The first-order chi connectivity index (χ1) is 5.40. The number of alkyl halides is 1. The molecule has 1 nitrogen and oxygen atoms in total. The van der Waals surface area contributed by atoms with Crippen LogP contribution in [-0.4, -0.2) is 30.4 Å². The first kappa shape index (κ1) is 7.88. The van der Waals surface area contributed by atoms with E-state index >= 15 is 0 Å². The van der Waals surface area contributed by atoms with E-state index in [9.17, 15) is 0 Å². The molecule has 2 bridgehead atoms. The van der Waals surface area contributed by atoms with Crippen molar-refractivity contribution in [3.8, 4) is 0 Å². The fourth-order valence-corrected chi connectivity index (χ4v) is 2.84. The Kier molecular flexibility index (Phi) is 2.38. The van der Waals surface area contributed by atoms with Crippen LogP contribution in [0.5, 0.6) is 0 Å². The van der Waals surface area contributed by atoms with Crippen LogP contribution in [0.3, 0.4) is 0 Å². The highest BCUT2D eigenvalue weighted by atomic mass is 35.5. The monoisotopic (exact) mass is 173 g/mol. The highest BCUT2D eigenvalue weighted by molar-refractivity contribution is 6.17. The second-order valence-corrected chi connectivity index (χ2v) is 4.25. The number of fused-ring (bicyclic) bond motifs is 3. The van der Waals surface area contributed by atoms with Gasteiger partial charge in [0.05, 0.1) is 0 Å². The lowest BCUT2D eigenvalue weighted by Gasteiger charge is -2.44. The zero-order valence-electron chi connectivity index (χ0n) is 6.93. The van der Waals surface area contributed by atoms with Gasteiger partial charge in [-0.3, -0.25) is 0 Å². The van der Waals surface area contributed by atoms with E-state index in [0.29, 0.717) is 0 Å². The van der Waals surface area contributed by atoms with Crippen LogP contribution in [-0.2, 0) is 0 Å². The van der Waals surface area contributed by atoms with E-state index in [1.54, 1.807) is 0 Å². The fourth-order valence-electron chi connectivity index (χ4n) is 2.55. The molecule has 0 aliphatic carbocycles. The number of rotatable bonds is 2. The van der Waals surface area contributed by atoms with Crippen molar-refractivity contribution in [3.63, 3.8) is 0 Å². The quantitative estimate of drug-likeness (QED) is 0.578. The second kappa shape index (κ2) is 3.32. The maximum absolute atomic E-state index is 5.75. The minimum absolute atomic E-state index is 0.856. The third-order valence-electron chi connectivity index (χ3n) is 3.27. The minimum atomic E-state index is 0.856. The van der Waals surface area contributed by atoms with Gasteiger partial charge in [0.2, 0.25) is 0 Å². The van der Waals surface area contributed by atoms with Crippen LogP contribution in [0, 0.1) is 11.8 Å². The Labute approximate surface area is 73.7 Å². The molecule has 3 aliphatic rings. The van der Waals surface area contributed by atoms with Gasteiger partial charge in [-0.1, -0.05) is 0 Å². The van der Waals surface area contributed by atoms with Gasteiger partial charge in [-0.05, 0) is 44.2 Å². The number of nitrogens with zero attached hydrogens (tertiary/aromatic N) is 1. The molecular formula is C9H16ClN. The van der Waals surface area contributed by atoms with Crippen molar-refractivity contribution in [3.05, 3.63) is 0 Å². The molecule has 0 aromatic rings. The molecule has 11 heavy (non-hydrogen) atoms. The van der Waals surface area contributed by atoms with E-state index in [4.69, 9.17) is 11.6 Å². The summed E-state index contributed by atoms with van der Waals surface area (Å²) in [5.41, 5.74) is 0. The Morgan fingerprint density at radius 3 is 2.45 bits per heavy atom. The molecule has 3 rings (SSSR count). The van der Waals surface area contributed by atoms with Crippen LogP contribution in [0.25, 0.3) is 0 Å². The van der Waals surface area contributed by atoms with E-state index < -0.39 is 0 Å². The van der Waals surface area contributed by atoms with Crippen molar-refractivity contribution >= 4 is 11.6 Å². The van der Waals surface area contributed by atoms with Crippen molar-refractivity contribution in [2.24, 2.45) is 11.8 Å². The van der Waals surface area contributed by atoms with Crippen molar-refractivity contribution in [1.82, 2.24) is 4.90 Å². The maximum atomic E-state index is 5.75. The largest absolute Gasteiger partial charge is 0.303 e. The molecule has 2 heteroatoms. The van der Waals surface area contributed by atoms with Crippen molar-refractivity contribution < 1.29 is 0 Å². The van der Waals surface area contributed by atoms with Crippen LogP contribution >= 0.6 is 11.6 Å². The number of halogens is 1. The molecule has 3 saturated heterocycles. The third kappa shape index (κ3) is 1.54. The van der Waals surface area contributed by atoms with Crippen molar-refractivity contribution in [2.75, 3.05) is 25.5 Å². The maximum Gasteiger partial charge on any atom is 0.0226 e. The SMILES string of the molecule is ClCCC1CN2CCC1CC2. The van der Waals surface area contributed by atoms with E-state index in [1.165, 1.54) is 38.9 Å².